The Labute approximate surface area is 154 Å². The minimum absolute atomic E-state index is 0.0423. The number of nitrogens with zero attached hydrogens (tertiary/aromatic N) is 3. The fraction of sp³-hybridized carbons (Fsp3) is 0.500. The molecule has 3 heterocycles. The Morgan fingerprint density at radius 1 is 1.38 bits per heavy atom. The average molecular weight is 354 g/mol. The maximum Gasteiger partial charge on any atom is 0.254 e. The standard InChI is InChI=1S/C20H26N4O2/c1-23-14-17(12-21-23)19(25)22-18-7-10-26-20(11-18)8-9-24(15-20)13-16-5-3-2-4-6-16/h2-6,12,14,18H,7-11,13,15H2,1H3,(H,22,25)/t18-,20-/m0/s1. The zero-order valence-corrected chi connectivity index (χ0v) is 15.2. The highest BCUT2D eigenvalue weighted by molar-refractivity contribution is 5.93. The molecule has 0 saturated carbocycles. The summed E-state index contributed by atoms with van der Waals surface area (Å²) in [5, 5.41) is 7.25. The molecule has 2 fully saturated rings. The van der Waals surface area contributed by atoms with E-state index in [9.17, 15) is 4.79 Å². The number of ether oxygens (including phenoxy) is 1. The van der Waals surface area contributed by atoms with E-state index < -0.39 is 0 Å². The van der Waals surface area contributed by atoms with Crippen LogP contribution in [0.2, 0.25) is 0 Å². The third kappa shape index (κ3) is 3.81. The molecule has 1 aromatic heterocycles. The van der Waals surface area contributed by atoms with E-state index in [2.05, 4.69) is 45.6 Å². The van der Waals surface area contributed by atoms with Crippen LogP contribution in [0.4, 0.5) is 0 Å². The largest absolute Gasteiger partial charge is 0.373 e. The van der Waals surface area contributed by atoms with Crippen molar-refractivity contribution >= 4 is 5.91 Å². The second kappa shape index (κ2) is 7.21. The highest BCUT2D eigenvalue weighted by atomic mass is 16.5. The number of likely N-dealkylation sites (tertiary alicyclic amines) is 1. The molecule has 0 bridgehead atoms. The summed E-state index contributed by atoms with van der Waals surface area (Å²) < 4.78 is 7.86. The minimum Gasteiger partial charge on any atom is -0.373 e. The van der Waals surface area contributed by atoms with Gasteiger partial charge in [0.2, 0.25) is 0 Å². The first-order valence-corrected chi connectivity index (χ1v) is 9.32. The number of hydrogen-bond acceptors (Lipinski definition) is 4. The van der Waals surface area contributed by atoms with Gasteiger partial charge in [-0.05, 0) is 24.8 Å². The maximum absolute atomic E-state index is 12.4. The van der Waals surface area contributed by atoms with E-state index in [0.717, 1.165) is 38.9 Å². The van der Waals surface area contributed by atoms with Crippen molar-refractivity contribution < 1.29 is 9.53 Å². The molecular formula is C20H26N4O2. The third-order valence-electron chi connectivity index (χ3n) is 5.44. The number of aromatic nitrogens is 2. The van der Waals surface area contributed by atoms with Crippen LogP contribution in [-0.2, 0) is 18.3 Å². The van der Waals surface area contributed by atoms with Crippen LogP contribution in [0.1, 0.15) is 35.2 Å². The number of amides is 1. The Bertz CT molecular complexity index is 760. The van der Waals surface area contributed by atoms with Crippen LogP contribution in [-0.4, -0.2) is 51.9 Å². The molecule has 4 rings (SSSR count). The van der Waals surface area contributed by atoms with Crippen LogP contribution in [0, 0.1) is 0 Å². The van der Waals surface area contributed by atoms with Crippen LogP contribution in [0.5, 0.6) is 0 Å². The molecule has 2 aliphatic rings. The molecule has 2 aromatic rings. The van der Waals surface area contributed by atoms with Gasteiger partial charge in [-0.3, -0.25) is 14.4 Å². The van der Waals surface area contributed by atoms with Gasteiger partial charge in [0.1, 0.15) is 0 Å². The molecule has 26 heavy (non-hydrogen) atoms. The van der Waals surface area contributed by atoms with Gasteiger partial charge >= 0.3 is 0 Å². The predicted molar refractivity (Wildman–Crippen MR) is 98.7 cm³/mol. The zero-order valence-electron chi connectivity index (χ0n) is 15.2. The first kappa shape index (κ1) is 17.2. The van der Waals surface area contributed by atoms with Crippen molar-refractivity contribution in [3.8, 4) is 0 Å². The van der Waals surface area contributed by atoms with Crippen molar-refractivity contribution in [3.63, 3.8) is 0 Å². The Morgan fingerprint density at radius 3 is 3.00 bits per heavy atom. The molecule has 6 heteroatoms. The summed E-state index contributed by atoms with van der Waals surface area (Å²) in [6.45, 7) is 3.63. The van der Waals surface area contributed by atoms with E-state index in [4.69, 9.17) is 4.74 Å². The number of benzene rings is 1. The highest BCUT2D eigenvalue weighted by Gasteiger charge is 2.43. The molecule has 6 nitrogen and oxygen atoms in total. The Kier molecular flexibility index (Phi) is 4.78. The van der Waals surface area contributed by atoms with E-state index in [-0.39, 0.29) is 17.6 Å². The molecule has 1 aromatic carbocycles. The number of aryl methyl sites for hydroxylation is 1. The van der Waals surface area contributed by atoms with Crippen molar-refractivity contribution in [1.82, 2.24) is 20.0 Å². The van der Waals surface area contributed by atoms with Crippen LogP contribution in [0.25, 0.3) is 0 Å². The maximum atomic E-state index is 12.4. The van der Waals surface area contributed by atoms with Gasteiger partial charge in [-0.25, -0.2) is 0 Å². The second-order valence-corrected chi connectivity index (χ2v) is 7.54. The van der Waals surface area contributed by atoms with Crippen LogP contribution in [0.3, 0.4) is 0 Å². The number of nitrogens with one attached hydrogen (secondary N) is 1. The average Bonchev–Trinajstić information content (AvgIpc) is 3.23. The lowest BCUT2D eigenvalue weighted by Crippen LogP contribution is -2.49. The van der Waals surface area contributed by atoms with Crippen molar-refractivity contribution in [2.45, 2.75) is 37.5 Å². The van der Waals surface area contributed by atoms with Crippen molar-refractivity contribution in [1.29, 1.82) is 0 Å². The van der Waals surface area contributed by atoms with Gasteiger partial charge in [0.25, 0.3) is 5.91 Å². The SMILES string of the molecule is Cn1cc(C(=O)N[C@H]2CCO[C@@]3(CCN(Cc4ccccc4)C3)C2)cn1. The van der Waals surface area contributed by atoms with Crippen LogP contribution in [0.15, 0.2) is 42.7 Å². The van der Waals surface area contributed by atoms with Gasteiger partial charge in [0, 0.05) is 45.5 Å². The lowest BCUT2D eigenvalue weighted by Gasteiger charge is -2.38. The molecule has 138 valence electrons. The number of hydrogen-bond donors (Lipinski definition) is 1. The summed E-state index contributed by atoms with van der Waals surface area (Å²) in [7, 11) is 1.82. The Hall–Kier alpha value is -2.18. The van der Waals surface area contributed by atoms with Crippen LogP contribution >= 0.6 is 0 Å². The summed E-state index contributed by atoms with van der Waals surface area (Å²) in [6.07, 6.45) is 6.14. The minimum atomic E-state index is -0.125. The number of carbonyl (C=O) groups is 1. The van der Waals surface area contributed by atoms with Gasteiger partial charge in [-0.1, -0.05) is 30.3 Å². The van der Waals surface area contributed by atoms with Crippen molar-refractivity contribution in [3.05, 3.63) is 53.9 Å². The lowest BCUT2D eigenvalue weighted by molar-refractivity contribution is -0.0793. The van der Waals surface area contributed by atoms with Crippen molar-refractivity contribution in [2.75, 3.05) is 19.7 Å². The molecule has 0 radical (unpaired) electrons. The number of rotatable bonds is 4. The van der Waals surface area contributed by atoms with Gasteiger partial charge in [0.05, 0.1) is 17.4 Å². The van der Waals surface area contributed by atoms with E-state index in [1.165, 1.54) is 5.56 Å². The number of carbonyl (C=O) groups excluding carboxylic acids is 1. The normalized spacial score (nSPS) is 26.3. The lowest BCUT2D eigenvalue weighted by atomic mass is 9.89. The molecule has 2 atom stereocenters. The van der Waals surface area contributed by atoms with E-state index in [1.807, 2.05) is 7.05 Å². The Balaban J connectivity index is 1.35. The first-order valence-electron chi connectivity index (χ1n) is 9.32. The summed E-state index contributed by atoms with van der Waals surface area (Å²) in [5.74, 6) is -0.0423. The van der Waals surface area contributed by atoms with Gasteiger partial charge < -0.3 is 10.1 Å². The summed E-state index contributed by atoms with van der Waals surface area (Å²) >= 11 is 0. The monoisotopic (exact) mass is 354 g/mol. The van der Waals surface area contributed by atoms with Gasteiger partial charge in [-0.15, -0.1) is 0 Å². The molecule has 1 spiro atoms. The molecule has 0 aliphatic carbocycles. The molecular weight excluding hydrogens is 328 g/mol. The predicted octanol–water partition coefficient (Wildman–Crippen LogP) is 1.97. The topological polar surface area (TPSA) is 59.4 Å². The third-order valence-corrected chi connectivity index (χ3v) is 5.44. The fourth-order valence-electron chi connectivity index (χ4n) is 4.15. The van der Waals surface area contributed by atoms with E-state index >= 15 is 0 Å². The molecule has 1 amide bonds. The molecule has 2 saturated heterocycles. The summed E-state index contributed by atoms with van der Waals surface area (Å²) in [6, 6.07) is 10.7. The molecule has 1 N–H and O–H groups in total. The van der Waals surface area contributed by atoms with E-state index in [0.29, 0.717) is 12.2 Å². The second-order valence-electron chi connectivity index (χ2n) is 7.54. The quantitative estimate of drug-likeness (QED) is 0.912. The fourth-order valence-corrected chi connectivity index (χ4v) is 4.15. The summed E-state index contributed by atoms with van der Waals surface area (Å²) in [4.78, 5) is 14.9. The first-order chi connectivity index (χ1) is 12.6. The molecule has 2 aliphatic heterocycles. The van der Waals surface area contributed by atoms with Crippen LogP contribution < -0.4 is 5.32 Å². The van der Waals surface area contributed by atoms with E-state index in [1.54, 1.807) is 17.1 Å². The summed E-state index contributed by atoms with van der Waals surface area (Å²) in [5.41, 5.74) is 1.83. The van der Waals surface area contributed by atoms with Gasteiger partial charge in [0.15, 0.2) is 0 Å². The van der Waals surface area contributed by atoms with Gasteiger partial charge in [-0.2, -0.15) is 5.10 Å². The van der Waals surface area contributed by atoms with Crippen molar-refractivity contribution in [2.24, 2.45) is 7.05 Å². The molecule has 0 unspecified atom stereocenters. The zero-order chi connectivity index (χ0) is 18.0. The highest BCUT2D eigenvalue weighted by Crippen LogP contribution is 2.35. The Morgan fingerprint density at radius 2 is 2.23 bits per heavy atom. The smallest absolute Gasteiger partial charge is 0.254 e.